The Morgan fingerprint density at radius 1 is 1.07 bits per heavy atom. The Bertz CT molecular complexity index is 957. The van der Waals surface area contributed by atoms with Crippen molar-refractivity contribution in [3.63, 3.8) is 0 Å². The number of amides is 1. The van der Waals surface area contributed by atoms with E-state index < -0.39 is 0 Å². The molecule has 1 aromatic carbocycles. The Hall–Kier alpha value is -3.06. The first-order chi connectivity index (χ1) is 14.2. The van der Waals surface area contributed by atoms with E-state index in [1.807, 2.05) is 41.8 Å². The molecule has 2 aromatic heterocycles. The fourth-order valence-electron chi connectivity index (χ4n) is 3.04. The number of pyridine rings is 1. The maximum absolute atomic E-state index is 12.4. The standard InChI is InChI=1S/C22H24N2O4S/c1-26-18-8-6-16(21(27-2)22(18)28-3)7-9-20(25)24-14-15-10-11-23-17(13-15)19-5-4-12-29-19/h4-6,8,10-13H,7,9,14H2,1-3H3,(H,24,25). The zero-order valence-electron chi connectivity index (χ0n) is 16.7. The highest BCUT2D eigenvalue weighted by molar-refractivity contribution is 7.13. The summed E-state index contributed by atoms with van der Waals surface area (Å²) in [6.07, 6.45) is 2.64. The molecule has 0 aliphatic heterocycles. The molecule has 2 heterocycles. The van der Waals surface area contributed by atoms with Crippen LogP contribution in [-0.4, -0.2) is 32.2 Å². The summed E-state index contributed by atoms with van der Waals surface area (Å²) < 4.78 is 16.2. The van der Waals surface area contributed by atoms with Crippen molar-refractivity contribution in [3.05, 3.63) is 59.1 Å². The number of hydrogen-bond acceptors (Lipinski definition) is 6. The molecular weight excluding hydrogens is 388 g/mol. The Morgan fingerprint density at radius 3 is 2.59 bits per heavy atom. The van der Waals surface area contributed by atoms with Crippen LogP contribution in [0, 0.1) is 0 Å². The minimum Gasteiger partial charge on any atom is -0.493 e. The van der Waals surface area contributed by atoms with Crippen molar-refractivity contribution in [2.24, 2.45) is 0 Å². The van der Waals surface area contributed by atoms with Crippen molar-refractivity contribution in [1.29, 1.82) is 0 Å². The van der Waals surface area contributed by atoms with Gasteiger partial charge in [0, 0.05) is 19.2 Å². The smallest absolute Gasteiger partial charge is 0.220 e. The second kappa shape index (κ2) is 9.93. The minimum atomic E-state index is -0.0312. The van der Waals surface area contributed by atoms with Gasteiger partial charge in [0.25, 0.3) is 0 Å². The van der Waals surface area contributed by atoms with Gasteiger partial charge in [-0.3, -0.25) is 9.78 Å². The Kier molecular flexibility index (Phi) is 7.08. The average Bonchev–Trinajstić information content (AvgIpc) is 3.30. The maximum atomic E-state index is 12.4. The summed E-state index contributed by atoms with van der Waals surface area (Å²) in [4.78, 5) is 17.9. The van der Waals surface area contributed by atoms with Crippen molar-refractivity contribution in [2.45, 2.75) is 19.4 Å². The summed E-state index contributed by atoms with van der Waals surface area (Å²) in [5.74, 6) is 1.69. The van der Waals surface area contributed by atoms with Crippen LogP contribution in [0.15, 0.2) is 48.0 Å². The van der Waals surface area contributed by atoms with Crippen LogP contribution >= 0.6 is 11.3 Å². The van der Waals surface area contributed by atoms with E-state index in [1.165, 1.54) is 0 Å². The molecule has 6 nitrogen and oxygen atoms in total. The number of rotatable bonds is 9. The maximum Gasteiger partial charge on any atom is 0.220 e. The molecule has 0 aliphatic rings. The van der Waals surface area contributed by atoms with E-state index >= 15 is 0 Å². The highest BCUT2D eigenvalue weighted by Crippen LogP contribution is 2.40. The van der Waals surface area contributed by atoms with Gasteiger partial charge < -0.3 is 19.5 Å². The number of nitrogens with zero attached hydrogens (tertiary/aromatic N) is 1. The van der Waals surface area contributed by atoms with Gasteiger partial charge in [0.05, 0.1) is 31.9 Å². The van der Waals surface area contributed by atoms with Crippen LogP contribution in [0.3, 0.4) is 0 Å². The van der Waals surface area contributed by atoms with E-state index in [4.69, 9.17) is 14.2 Å². The Morgan fingerprint density at radius 2 is 1.90 bits per heavy atom. The Labute approximate surface area is 174 Å². The van der Waals surface area contributed by atoms with Crippen molar-refractivity contribution >= 4 is 17.2 Å². The van der Waals surface area contributed by atoms with Gasteiger partial charge in [-0.05, 0) is 47.2 Å². The quantitative estimate of drug-likeness (QED) is 0.573. The predicted octanol–water partition coefficient (Wildman–Crippen LogP) is 4.08. The van der Waals surface area contributed by atoms with E-state index in [2.05, 4.69) is 10.3 Å². The number of thiophene rings is 1. The number of carbonyl (C=O) groups excluding carboxylic acids is 1. The first kappa shape index (κ1) is 20.7. The van der Waals surface area contributed by atoms with Crippen LogP contribution in [0.25, 0.3) is 10.6 Å². The molecule has 0 aliphatic carbocycles. The van der Waals surface area contributed by atoms with Crippen molar-refractivity contribution in [3.8, 4) is 27.8 Å². The summed E-state index contributed by atoms with van der Waals surface area (Å²) in [5, 5.41) is 4.99. The number of benzene rings is 1. The normalized spacial score (nSPS) is 10.4. The zero-order chi connectivity index (χ0) is 20.6. The average molecular weight is 413 g/mol. The van der Waals surface area contributed by atoms with E-state index in [-0.39, 0.29) is 5.91 Å². The number of methoxy groups -OCH3 is 3. The van der Waals surface area contributed by atoms with Gasteiger partial charge >= 0.3 is 0 Å². The van der Waals surface area contributed by atoms with E-state index in [9.17, 15) is 4.79 Å². The number of ether oxygens (including phenoxy) is 3. The summed E-state index contributed by atoms with van der Waals surface area (Å²) in [7, 11) is 4.72. The van der Waals surface area contributed by atoms with Crippen LogP contribution < -0.4 is 19.5 Å². The number of nitrogens with one attached hydrogen (secondary N) is 1. The molecule has 7 heteroatoms. The molecule has 0 atom stereocenters. The summed E-state index contributed by atoms with van der Waals surface area (Å²) in [6, 6.07) is 11.7. The summed E-state index contributed by atoms with van der Waals surface area (Å²) >= 11 is 1.64. The molecule has 0 bridgehead atoms. The molecule has 0 saturated heterocycles. The van der Waals surface area contributed by atoms with Crippen LogP contribution in [0.2, 0.25) is 0 Å². The molecule has 0 spiro atoms. The topological polar surface area (TPSA) is 69.7 Å². The number of aromatic nitrogens is 1. The molecule has 3 rings (SSSR count). The molecule has 1 amide bonds. The highest BCUT2D eigenvalue weighted by Gasteiger charge is 2.16. The van der Waals surface area contributed by atoms with Gasteiger partial charge in [-0.25, -0.2) is 0 Å². The first-order valence-electron chi connectivity index (χ1n) is 9.19. The number of hydrogen-bond donors (Lipinski definition) is 1. The molecule has 0 radical (unpaired) electrons. The summed E-state index contributed by atoms with van der Waals surface area (Å²) in [6.45, 7) is 0.461. The molecule has 152 valence electrons. The highest BCUT2D eigenvalue weighted by atomic mass is 32.1. The van der Waals surface area contributed by atoms with E-state index in [0.29, 0.717) is 36.6 Å². The van der Waals surface area contributed by atoms with Crippen molar-refractivity contribution in [2.75, 3.05) is 21.3 Å². The monoisotopic (exact) mass is 412 g/mol. The molecular formula is C22H24N2O4S. The van der Waals surface area contributed by atoms with Gasteiger partial charge in [-0.2, -0.15) is 0 Å². The second-order valence-corrected chi connectivity index (χ2v) is 7.24. The van der Waals surface area contributed by atoms with Gasteiger partial charge in [0.1, 0.15) is 0 Å². The van der Waals surface area contributed by atoms with Gasteiger partial charge in [-0.15, -0.1) is 11.3 Å². The first-order valence-corrected chi connectivity index (χ1v) is 10.1. The van der Waals surface area contributed by atoms with E-state index in [0.717, 1.165) is 21.7 Å². The van der Waals surface area contributed by atoms with Crippen molar-refractivity contribution < 1.29 is 19.0 Å². The molecule has 0 unspecified atom stereocenters. The molecule has 3 aromatic rings. The largest absolute Gasteiger partial charge is 0.493 e. The zero-order valence-corrected chi connectivity index (χ0v) is 17.5. The predicted molar refractivity (Wildman–Crippen MR) is 114 cm³/mol. The number of carbonyl (C=O) groups is 1. The fraction of sp³-hybridized carbons (Fsp3) is 0.273. The number of aryl methyl sites for hydroxylation is 1. The Balaban J connectivity index is 1.59. The molecule has 29 heavy (non-hydrogen) atoms. The van der Waals surface area contributed by atoms with Crippen molar-refractivity contribution in [1.82, 2.24) is 10.3 Å². The minimum absolute atomic E-state index is 0.0312. The third-order valence-electron chi connectivity index (χ3n) is 4.49. The molecule has 1 N–H and O–H groups in total. The fourth-order valence-corrected chi connectivity index (χ4v) is 3.73. The van der Waals surface area contributed by atoms with Crippen LogP contribution in [-0.2, 0) is 17.8 Å². The lowest BCUT2D eigenvalue weighted by Gasteiger charge is -2.15. The second-order valence-electron chi connectivity index (χ2n) is 6.30. The van der Waals surface area contributed by atoms with Gasteiger partial charge in [0.15, 0.2) is 11.5 Å². The third kappa shape index (κ3) is 5.06. The third-order valence-corrected chi connectivity index (χ3v) is 5.39. The lowest BCUT2D eigenvalue weighted by Crippen LogP contribution is -2.23. The lowest BCUT2D eigenvalue weighted by molar-refractivity contribution is -0.121. The lowest BCUT2D eigenvalue weighted by atomic mass is 10.1. The van der Waals surface area contributed by atoms with Crippen LogP contribution in [0.4, 0.5) is 0 Å². The van der Waals surface area contributed by atoms with Gasteiger partial charge in [0.2, 0.25) is 11.7 Å². The summed E-state index contributed by atoms with van der Waals surface area (Å²) in [5.41, 5.74) is 2.83. The molecule has 0 saturated carbocycles. The molecule has 0 fully saturated rings. The SMILES string of the molecule is COc1ccc(CCC(=O)NCc2ccnc(-c3cccs3)c2)c(OC)c1OC. The van der Waals surface area contributed by atoms with Gasteiger partial charge in [-0.1, -0.05) is 12.1 Å². The van der Waals surface area contributed by atoms with Crippen LogP contribution in [0.5, 0.6) is 17.2 Å². The van der Waals surface area contributed by atoms with E-state index in [1.54, 1.807) is 38.9 Å². The van der Waals surface area contributed by atoms with Crippen LogP contribution in [0.1, 0.15) is 17.5 Å².